The molecule has 0 atom stereocenters. The Bertz CT molecular complexity index is 650. The summed E-state index contributed by atoms with van der Waals surface area (Å²) in [7, 11) is 0. The molecule has 2 N–H and O–H groups in total. The molecule has 1 aromatic heterocycles. The van der Waals surface area contributed by atoms with Crippen molar-refractivity contribution in [3.63, 3.8) is 0 Å². The maximum atomic E-state index is 11.7. The molecular formula is C14H14N2O5. The first-order valence-corrected chi connectivity index (χ1v) is 6.20. The van der Waals surface area contributed by atoms with Crippen molar-refractivity contribution in [1.29, 1.82) is 0 Å². The number of hydrogen-bond acceptors (Lipinski definition) is 5. The lowest BCUT2D eigenvalue weighted by Gasteiger charge is -2.09. The van der Waals surface area contributed by atoms with Crippen LogP contribution in [0.25, 0.3) is 0 Å². The maximum absolute atomic E-state index is 11.7. The van der Waals surface area contributed by atoms with Gasteiger partial charge in [0, 0.05) is 11.6 Å². The summed E-state index contributed by atoms with van der Waals surface area (Å²) in [6, 6.07) is 8.26. The molecule has 0 bridgehead atoms. The van der Waals surface area contributed by atoms with Gasteiger partial charge in [-0.3, -0.25) is 9.59 Å². The van der Waals surface area contributed by atoms with Gasteiger partial charge in [0.05, 0.1) is 6.42 Å². The molecule has 0 saturated heterocycles. The molecule has 7 heteroatoms. The summed E-state index contributed by atoms with van der Waals surface area (Å²) in [6.45, 7) is 1.46. The largest absolute Gasteiger partial charge is 0.483 e. The number of rotatable bonds is 6. The lowest BCUT2D eigenvalue weighted by atomic mass is 10.1. The van der Waals surface area contributed by atoms with Gasteiger partial charge in [-0.15, -0.1) is 0 Å². The smallest absolute Gasteiger partial charge is 0.307 e. The molecule has 1 amide bonds. The number of benzene rings is 1. The zero-order valence-electron chi connectivity index (χ0n) is 11.3. The van der Waals surface area contributed by atoms with E-state index in [1.54, 1.807) is 37.3 Å². The summed E-state index contributed by atoms with van der Waals surface area (Å²) in [6.07, 6.45) is -0.166. The molecule has 0 saturated carbocycles. The number of para-hydroxylation sites is 1. The van der Waals surface area contributed by atoms with Crippen molar-refractivity contribution in [1.82, 2.24) is 5.16 Å². The highest BCUT2D eigenvalue weighted by Crippen LogP contribution is 2.18. The van der Waals surface area contributed by atoms with Crippen molar-refractivity contribution >= 4 is 17.7 Å². The minimum absolute atomic E-state index is 0.166. The highest BCUT2D eigenvalue weighted by molar-refractivity contribution is 5.90. The zero-order valence-corrected chi connectivity index (χ0v) is 11.3. The number of aliphatic carboxylic acids is 1. The van der Waals surface area contributed by atoms with Gasteiger partial charge in [-0.1, -0.05) is 23.4 Å². The number of nitrogens with zero attached hydrogens (tertiary/aromatic N) is 1. The third-order valence-electron chi connectivity index (χ3n) is 2.57. The molecule has 110 valence electrons. The van der Waals surface area contributed by atoms with Crippen LogP contribution >= 0.6 is 0 Å². The quantitative estimate of drug-likeness (QED) is 0.838. The third-order valence-corrected chi connectivity index (χ3v) is 2.57. The molecule has 0 aliphatic heterocycles. The van der Waals surface area contributed by atoms with Gasteiger partial charge in [0.25, 0.3) is 5.91 Å². The molecular weight excluding hydrogens is 276 g/mol. The molecule has 0 fully saturated rings. The van der Waals surface area contributed by atoms with E-state index in [2.05, 4.69) is 10.5 Å². The highest BCUT2D eigenvalue weighted by atomic mass is 16.5. The fourth-order valence-electron chi connectivity index (χ4n) is 1.70. The molecule has 0 spiro atoms. The minimum atomic E-state index is -0.964. The molecule has 2 aromatic rings. The number of ether oxygens (including phenoxy) is 1. The monoisotopic (exact) mass is 290 g/mol. The van der Waals surface area contributed by atoms with E-state index in [0.717, 1.165) is 0 Å². The second-order valence-corrected chi connectivity index (χ2v) is 4.34. The number of anilines is 1. The summed E-state index contributed by atoms with van der Waals surface area (Å²) in [5, 5.41) is 14.9. The average Bonchev–Trinajstić information content (AvgIpc) is 2.82. The molecule has 0 aliphatic carbocycles. The Kier molecular flexibility index (Phi) is 4.55. The van der Waals surface area contributed by atoms with Crippen LogP contribution in [0, 0.1) is 6.92 Å². The lowest BCUT2D eigenvalue weighted by molar-refractivity contribution is -0.136. The highest BCUT2D eigenvalue weighted by Gasteiger charge is 2.10. The Balaban J connectivity index is 1.93. The van der Waals surface area contributed by atoms with Crippen LogP contribution < -0.4 is 10.1 Å². The van der Waals surface area contributed by atoms with Gasteiger partial charge in [0.1, 0.15) is 11.5 Å². The van der Waals surface area contributed by atoms with Crippen LogP contribution in [0.3, 0.4) is 0 Å². The van der Waals surface area contributed by atoms with Crippen molar-refractivity contribution in [2.24, 2.45) is 0 Å². The number of carbonyl (C=O) groups excluding carboxylic acids is 1. The van der Waals surface area contributed by atoms with Crippen molar-refractivity contribution in [2.45, 2.75) is 13.3 Å². The minimum Gasteiger partial charge on any atom is -0.483 e. The second kappa shape index (κ2) is 6.56. The van der Waals surface area contributed by atoms with Crippen LogP contribution in [-0.2, 0) is 16.0 Å². The van der Waals surface area contributed by atoms with Crippen LogP contribution in [-0.4, -0.2) is 28.7 Å². The van der Waals surface area contributed by atoms with Gasteiger partial charge in [0.15, 0.2) is 12.4 Å². The predicted octanol–water partition coefficient (Wildman–Crippen LogP) is 1.63. The lowest BCUT2D eigenvalue weighted by Crippen LogP contribution is -2.20. The van der Waals surface area contributed by atoms with E-state index in [1.807, 2.05) is 0 Å². The topological polar surface area (TPSA) is 102 Å². The van der Waals surface area contributed by atoms with Gasteiger partial charge in [0.2, 0.25) is 0 Å². The number of nitrogens with one attached hydrogen (secondary N) is 1. The van der Waals surface area contributed by atoms with E-state index < -0.39 is 11.9 Å². The van der Waals surface area contributed by atoms with E-state index >= 15 is 0 Å². The number of aryl methyl sites for hydroxylation is 1. The first-order chi connectivity index (χ1) is 10.0. The molecule has 2 rings (SSSR count). The van der Waals surface area contributed by atoms with Crippen LogP contribution in [0.2, 0.25) is 0 Å². The number of hydrogen-bond donors (Lipinski definition) is 2. The molecule has 7 nitrogen and oxygen atoms in total. The Hall–Kier alpha value is -2.83. The fraction of sp³-hybridized carbons (Fsp3) is 0.214. The number of amides is 1. The van der Waals surface area contributed by atoms with Crippen molar-refractivity contribution in [3.05, 3.63) is 41.7 Å². The van der Waals surface area contributed by atoms with E-state index in [1.165, 1.54) is 0 Å². The summed E-state index contributed by atoms with van der Waals surface area (Å²) < 4.78 is 10.2. The Morgan fingerprint density at radius 3 is 2.81 bits per heavy atom. The fourth-order valence-corrected chi connectivity index (χ4v) is 1.70. The number of carboxylic acid groups (broad SMARTS) is 1. The molecule has 1 heterocycles. The summed E-state index contributed by atoms with van der Waals surface area (Å²) in [4.78, 5) is 22.4. The molecule has 1 aromatic carbocycles. The number of carboxylic acids is 1. The van der Waals surface area contributed by atoms with Crippen LogP contribution in [0.1, 0.15) is 11.3 Å². The number of aromatic nitrogens is 1. The summed E-state index contributed by atoms with van der Waals surface area (Å²) in [5.74, 6) is -0.119. The Morgan fingerprint density at radius 2 is 2.14 bits per heavy atom. The van der Waals surface area contributed by atoms with Crippen LogP contribution in [0.15, 0.2) is 34.9 Å². The van der Waals surface area contributed by atoms with E-state index in [9.17, 15) is 9.59 Å². The molecule has 0 radical (unpaired) electrons. The van der Waals surface area contributed by atoms with Gasteiger partial charge >= 0.3 is 5.97 Å². The molecule has 0 unspecified atom stereocenters. The van der Waals surface area contributed by atoms with E-state index in [-0.39, 0.29) is 13.0 Å². The van der Waals surface area contributed by atoms with Crippen molar-refractivity contribution < 1.29 is 24.0 Å². The molecule has 0 aliphatic rings. The first-order valence-electron chi connectivity index (χ1n) is 6.20. The summed E-state index contributed by atoms with van der Waals surface area (Å²) >= 11 is 0. The standard InChI is InChI=1S/C14H14N2O5/c1-9-6-12(16-21-9)15-13(17)8-20-11-5-3-2-4-10(11)7-14(18)19/h2-6H,7-8H2,1H3,(H,18,19)(H,15,16,17). The van der Waals surface area contributed by atoms with Gasteiger partial charge in [-0.2, -0.15) is 0 Å². The maximum Gasteiger partial charge on any atom is 0.307 e. The van der Waals surface area contributed by atoms with Crippen molar-refractivity contribution in [2.75, 3.05) is 11.9 Å². The number of carbonyl (C=O) groups is 2. The third kappa shape index (κ3) is 4.34. The Morgan fingerprint density at radius 1 is 1.38 bits per heavy atom. The first kappa shape index (κ1) is 14.6. The predicted molar refractivity (Wildman–Crippen MR) is 73.1 cm³/mol. The van der Waals surface area contributed by atoms with E-state index in [0.29, 0.717) is 22.9 Å². The van der Waals surface area contributed by atoms with Crippen molar-refractivity contribution in [3.8, 4) is 5.75 Å². The van der Waals surface area contributed by atoms with Gasteiger partial charge in [-0.25, -0.2) is 0 Å². The molecule has 21 heavy (non-hydrogen) atoms. The van der Waals surface area contributed by atoms with Gasteiger partial charge < -0.3 is 19.7 Å². The van der Waals surface area contributed by atoms with Crippen LogP contribution in [0.4, 0.5) is 5.82 Å². The SMILES string of the molecule is Cc1cc(NC(=O)COc2ccccc2CC(=O)O)no1. The average molecular weight is 290 g/mol. The normalized spacial score (nSPS) is 10.1. The Labute approximate surface area is 120 Å². The second-order valence-electron chi connectivity index (χ2n) is 4.34. The van der Waals surface area contributed by atoms with Gasteiger partial charge in [-0.05, 0) is 13.0 Å². The zero-order chi connectivity index (χ0) is 15.2. The van der Waals surface area contributed by atoms with E-state index in [4.69, 9.17) is 14.4 Å². The summed E-state index contributed by atoms with van der Waals surface area (Å²) in [5.41, 5.74) is 0.509. The van der Waals surface area contributed by atoms with Crippen LogP contribution in [0.5, 0.6) is 5.75 Å².